The van der Waals surface area contributed by atoms with Crippen molar-refractivity contribution < 1.29 is 14.4 Å². The predicted molar refractivity (Wildman–Crippen MR) is 100 cm³/mol. The van der Waals surface area contributed by atoms with Crippen LogP contribution in [0.4, 0.5) is 11.4 Å². The van der Waals surface area contributed by atoms with Gasteiger partial charge < -0.3 is 14.4 Å². The SMILES string of the molecule is COc1ccc([N+](=O)[O-])cc1CN1CCN(c2ccccc2OC)CC1. The standard InChI is InChI=1S/C19H23N3O4/c1-25-18-8-7-16(22(23)24)13-15(18)14-20-9-11-21(12-10-20)17-5-3-4-6-19(17)26-2/h3-8,13H,9-12,14H2,1-2H3. The molecule has 1 aliphatic heterocycles. The largest absolute Gasteiger partial charge is 0.496 e. The van der Waals surface area contributed by atoms with Crippen LogP contribution in [0.25, 0.3) is 0 Å². The molecule has 1 saturated heterocycles. The molecule has 0 bridgehead atoms. The fourth-order valence-electron chi connectivity index (χ4n) is 3.28. The molecule has 0 aliphatic carbocycles. The Balaban J connectivity index is 1.67. The second-order valence-electron chi connectivity index (χ2n) is 6.19. The van der Waals surface area contributed by atoms with Gasteiger partial charge in [0, 0.05) is 50.4 Å². The highest BCUT2D eigenvalue weighted by Crippen LogP contribution is 2.29. The molecule has 7 heteroatoms. The Morgan fingerprint density at radius 3 is 2.35 bits per heavy atom. The molecule has 2 aromatic carbocycles. The third-order valence-corrected chi connectivity index (χ3v) is 4.67. The summed E-state index contributed by atoms with van der Waals surface area (Å²) in [6, 6.07) is 12.8. The first-order valence-electron chi connectivity index (χ1n) is 8.54. The van der Waals surface area contributed by atoms with Gasteiger partial charge in [0.25, 0.3) is 5.69 Å². The maximum atomic E-state index is 11.0. The second-order valence-corrected chi connectivity index (χ2v) is 6.19. The first-order chi connectivity index (χ1) is 12.6. The molecule has 26 heavy (non-hydrogen) atoms. The average Bonchev–Trinajstić information content (AvgIpc) is 2.68. The summed E-state index contributed by atoms with van der Waals surface area (Å²) < 4.78 is 10.8. The van der Waals surface area contributed by atoms with Crippen LogP contribution in [0.2, 0.25) is 0 Å². The van der Waals surface area contributed by atoms with Gasteiger partial charge in [-0.05, 0) is 18.2 Å². The Kier molecular flexibility index (Phi) is 5.58. The monoisotopic (exact) mass is 357 g/mol. The van der Waals surface area contributed by atoms with E-state index in [1.165, 1.54) is 6.07 Å². The van der Waals surface area contributed by atoms with Gasteiger partial charge in [0.15, 0.2) is 0 Å². The maximum absolute atomic E-state index is 11.0. The van der Waals surface area contributed by atoms with E-state index < -0.39 is 0 Å². The summed E-state index contributed by atoms with van der Waals surface area (Å²) in [6.07, 6.45) is 0. The fraction of sp³-hybridized carbons (Fsp3) is 0.368. The zero-order chi connectivity index (χ0) is 18.5. The van der Waals surface area contributed by atoms with Gasteiger partial charge >= 0.3 is 0 Å². The summed E-state index contributed by atoms with van der Waals surface area (Å²) in [5.41, 5.74) is 2.03. The molecule has 0 spiro atoms. The highest BCUT2D eigenvalue weighted by molar-refractivity contribution is 5.58. The van der Waals surface area contributed by atoms with Crippen LogP contribution < -0.4 is 14.4 Å². The molecule has 7 nitrogen and oxygen atoms in total. The first-order valence-corrected chi connectivity index (χ1v) is 8.54. The molecule has 0 N–H and O–H groups in total. The summed E-state index contributed by atoms with van der Waals surface area (Å²) in [4.78, 5) is 15.3. The number of methoxy groups -OCH3 is 2. The first kappa shape index (κ1) is 18.0. The van der Waals surface area contributed by atoms with Crippen molar-refractivity contribution >= 4 is 11.4 Å². The van der Waals surface area contributed by atoms with Gasteiger partial charge in [0.05, 0.1) is 24.8 Å². The van der Waals surface area contributed by atoms with Crippen molar-refractivity contribution in [2.24, 2.45) is 0 Å². The third kappa shape index (κ3) is 3.88. The van der Waals surface area contributed by atoms with E-state index in [0.29, 0.717) is 12.3 Å². The number of piperazine rings is 1. The number of non-ortho nitro benzene ring substituents is 1. The van der Waals surface area contributed by atoms with E-state index >= 15 is 0 Å². The predicted octanol–water partition coefficient (Wildman–Crippen LogP) is 2.93. The number of hydrogen-bond donors (Lipinski definition) is 0. The zero-order valence-corrected chi connectivity index (χ0v) is 15.1. The molecule has 1 aliphatic rings. The summed E-state index contributed by atoms with van der Waals surface area (Å²) in [6.45, 7) is 4.10. The molecule has 0 amide bonds. The van der Waals surface area contributed by atoms with Crippen LogP contribution in [0.3, 0.4) is 0 Å². The molecule has 1 fully saturated rings. The van der Waals surface area contributed by atoms with Crippen molar-refractivity contribution in [2.75, 3.05) is 45.3 Å². The highest BCUT2D eigenvalue weighted by Gasteiger charge is 2.21. The number of hydrogen-bond acceptors (Lipinski definition) is 6. The van der Waals surface area contributed by atoms with E-state index in [0.717, 1.165) is 43.2 Å². The number of anilines is 1. The summed E-state index contributed by atoms with van der Waals surface area (Å²) in [7, 11) is 3.27. The molecule has 0 unspecified atom stereocenters. The molecule has 1 heterocycles. The highest BCUT2D eigenvalue weighted by atomic mass is 16.6. The van der Waals surface area contributed by atoms with Gasteiger partial charge in [-0.3, -0.25) is 15.0 Å². The van der Waals surface area contributed by atoms with Gasteiger partial charge in [-0.2, -0.15) is 0 Å². The van der Waals surface area contributed by atoms with Crippen LogP contribution in [0.15, 0.2) is 42.5 Å². The van der Waals surface area contributed by atoms with E-state index in [4.69, 9.17) is 9.47 Å². The van der Waals surface area contributed by atoms with E-state index in [2.05, 4.69) is 15.9 Å². The molecule has 0 radical (unpaired) electrons. The summed E-state index contributed by atoms with van der Waals surface area (Å²) in [5.74, 6) is 1.56. The molecule has 0 atom stereocenters. The lowest BCUT2D eigenvalue weighted by Crippen LogP contribution is -2.46. The quantitative estimate of drug-likeness (QED) is 0.585. The van der Waals surface area contributed by atoms with Crippen molar-refractivity contribution in [2.45, 2.75) is 6.54 Å². The second kappa shape index (κ2) is 8.05. The van der Waals surface area contributed by atoms with Crippen molar-refractivity contribution in [3.8, 4) is 11.5 Å². The lowest BCUT2D eigenvalue weighted by atomic mass is 10.1. The van der Waals surface area contributed by atoms with E-state index in [1.807, 2.05) is 18.2 Å². The molecular weight excluding hydrogens is 334 g/mol. The number of rotatable bonds is 6. The molecule has 3 rings (SSSR count). The number of para-hydroxylation sites is 2. The van der Waals surface area contributed by atoms with Crippen LogP contribution >= 0.6 is 0 Å². The van der Waals surface area contributed by atoms with Gasteiger partial charge in [-0.1, -0.05) is 12.1 Å². The van der Waals surface area contributed by atoms with E-state index in [9.17, 15) is 10.1 Å². The Hall–Kier alpha value is -2.80. The van der Waals surface area contributed by atoms with Crippen molar-refractivity contribution in [1.29, 1.82) is 0 Å². The summed E-state index contributed by atoms with van der Waals surface area (Å²) in [5, 5.41) is 11.0. The lowest BCUT2D eigenvalue weighted by molar-refractivity contribution is -0.385. The van der Waals surface area contributed by atoms with Crippen LogP contribution in [-0.2, 0) is 6.54 Å². The Morgan fingerprint density at radius 2 is 1.69 bits per heavy atom. The topological polar surface area (TPSA) is 68.1 Å². The molecule has 0 saturated carbocycles. The zero-order valence-electron chi connectivity index (χ0n) is 15.1. The molecule has 138 valence electrons. The number of benzene rings is 2. The third-order valence-electron chi connectivity index (χ3n) is 4.67. The van der Waals surface area contributed by atoms with E-state index in [1.54, 1.807) is 26.4 Å². The van der Waals surface area contributed by atoms with Crippen LogP contribution in [0.5, 0.6) is 11.5 Å². The Labute approximate surface area is 152 Å². The number of nitro benzene ring substituents is 1. The summed E-state index contributed by atoms with van der Waals surface area (Å²) >= 11 is 0. The van der Waals surface area contributed by atoms with Crippen LogP contribution in [0.1, 0.15) is 5.56 Å². The van der Waals surface area contributed by atoms with Gasteiger partial charge in [-0.25, -0.2) is 0 Å². The minimum Gasteiger partial charge on any atom is -0.496 e. The minimum atomic E-state index is -0.372. The van der Waals surface area contributed by atoms with Crippen LogP contribution in [0, 0.1) is 10.1 Å². The van der Waals surface area contributed by atoms with Gasteiger partial charge in [-0.15, -0.1) is 0 Å². The fourth-order valence-corrected chi connectivity index (χ4v) is 3.28. The maximum Gasteiger partial charge on any atom is 0.270 e. The molecule has 2 aromatic rings. The Morgan fingerprint density at radius 1 is 1.00 bits per heavy atom. The number of nitrogens with zero attached hydrogens (tertiary/aromatic N) is 3. The average molecular weight is 357 g/mol. The Bertz CT molecular complexity index is 773. The smallest absolute Gasteiger partial charge is 0.270 e. The van der Waals surface area contributed by atoms with Crippen molar-refractivity contribution in [1.82, 2.24) is 4.90 Å². The van der Waals surface area contributed by atoms with Crippen molar-refractivity contribution in [3.05, 3.63) is 58.1 Å². The number of nitro groups is 1. The minimum absolute atomic E-state index is 0.0912. The molecular formula is C19H23N3O4. The van der Waals surface area contributed by atoms with Gasteiger partial charge in [0.2, 0.25) is 0 Å². The normalized spacial score (nSPS) is 14.9. The number of ether oxygens (including phenoxy) is 2. The lowest BCUT2D eigenvalue weighted by Gasteiger charge is -2.36. The van der Waals surface area contributed by atoms with E-state index in [-0.39, 0.29) is 10.6 Å². The van der Waals surface area contributed by atoms with Crippen molar-refractivity contribution in [3.63, 3.8) is 0 Å². The van der Waals surface area contributed by atoms with Crippen LogP contribution in [-0.4, -0.2) is 50.2 Å². The molecule has 0 aromatic heterocycles. The van der Waals surface area contributed by atoms with Gasteiger partial charge in [0.1, 0.15) is 11.5 Å².